The van der Waals surface area contributed by atoms with E-state index in [1.165, 1.54) is 0 Å². The molecule has 0 N–H and O–H groups in total. The van der Waals surface area contributed by atoms with Crippen LogP contribution in [0.4, 0.5) is 0 Å². The Labute approximate surface area is 79.0 Å². The van der Waals surface area contributed by atoms with Gasteiger partial charge >= 0.3 is 0 Å². The minimum Gasteiger partial charge on any atom is -0.300 e. The van der Waals surface area contributed by atoms with Gasteiger partial charge in [-0.05, 0) is 18.8 Å². The molecular formula is C10H14N2O. The normalized spacial score (nSPS) is 16.4. The molecule has 0 saturated heterocycles. The van der Waals surface area contributed by atoms with E-state index in [1.807, 2.05) is 0 Å². The second-order valence-electron chi connectivity index (χ2n) is 3.21. The van der Waals surface area contributed by atoms with Crippen molar-refractivity contribution in [1.29, 1.82) is 10.5 Å². The van der Waals surface area contributed by atoms with E-state index in [4.69, 9.17) is 10.5 Å². The second kappa shape index (κ2) is 7.31. The minimum atomic E-state index is 0. The first-order valence-electron chi connectivity index (χ1n) is 4.46. The van der Waals surface area contributed by atoms with Crippen LogP contribution in [-0.4, -0.2) is 5.78 Å². The second-order valence-corrected chi connectivity index (χ2v) is 3.21. The summed E-state index contributed by atoms with van der Waals surface area (Å²) in [5.74, 6) is 1.26. The highest BCUT2D eigenvalue weighted by Gasteiger charge is 2.13. The average Bonchev–Trinajstić information content (AvgIpc) is 2.13. The summed E-state index contributed by atoms with van der Waals surface area (Å²) >= 11 is 0. The van der Waals surface area contributed by atoms with Crippen molar-refractivity contribution in [2.75, 3.05) is 0 Å². The molecule has 0 bridgehead atoms. The summed E-state index contributed by atoms with van der Waals surface area (Å²) < 4.78 is 0. The maximum Gasteiger partial charge on any atom is 0.132 e. The molecule has 0 aromatic rings. The highest BCUT2D eigenvalue weighted by molar-refractivity contribution is 5.78. The highest BCUT2D eigenvalue weighted by Crippen LogP contribution is 2.19. The van der Waals surface area contributed by atoms with Gasteiger partial charge in [0.2, 0.25) is 0 Å². The van der Waals surface area contributed by atoms with Crippen LogP contribution in [0.3, 0.4) is 0 Å². The summed E-state index contributed by atoms with van der Waals surface area (Å²) in [7, 11) is 0. The van der Waals surface area contributed by atoms with Crippen molar-refractivity contribution in [3.63, 3.8) is 0 Å². The van der Waals surface area contributed by atoms with E-state index < -0.39 is 0 Å². The summed E-state index contributed by atoms with van der Waals surface area (Å²) in [5.41, 5.74) is 0. The molecule has 0 aromatic heterocycles. The molecule has 0 spiro atoms. The Morgan fingerprint density at radius 3 is 2.00 bits per heavy atom. The first-order chi connectivity index (χ1) is 6.20. The Bertz CT molecular complexity index is 212. The summed E-state index contributed by atoms with van der Waals surface area (Å²) in [6.07, 6.45) is 3.92. The van der Waals surface area contributed by atoms with Crippen molar-refractivity contribution in [3.05, 3.63) is 0 Å². The van der Waals surface area contributed by atoms with Crippen LogP contribution in [0, 0.1) is 28.6 Å². The van der Waals surface area contributed by atoms with Crippen LogP contribution in [0.25, 0.3) is 0 Å². The lowest BCUT2D eigenvalue weighted by atomic mass is 9.90. The lowest BCUT2D eigenvalue weighted by Crippen LogP contribution is -2.10. The van der Waals surface area contributed by atoms with Gasteiger partial charge in [0.1, 0.15) is 12.2 Å². The number of ketones is 1. The maximum absolute atomic E-state index is 10.6. The van der Waals surface area contributed by atoms with Crippen molar-refractivity contribution >= 4 is 5.78 Å². The van der Waals surface area contributed by atoms with Crippen LogP contribution in [0.2, 0.25) is 0 Å². The van der Waals surface area contributed by atoms with Crippen molar-refractivity contribution in [2.24, 2.45) is 5.92 Å². The van der Waals surface area contributed by atoms with Crippen LogP contribution in [-0.2, 0) is 4.79 Å². The van der Waals surface area contributed by atoms with Crippen molar-refractivity contribution in [1.82, 2.24) is 0 Å². The molecule has 70 valence electrons. The predicted molar refractivity (Wildman–Crippen MR) is 48.5 cm³/mol. The van der Waals surface area contributed by atoms with Gasteiger partial charge in [-0.1, -0.05) is 6.92 Å². The molecule has 1 rings (SSSR count). The Morgan fingerprint density at radius 2 is 1.77 bits per heavy atom. The third-order valence-electron chi connectivity index (χ3n) is 1.99. The number of carbonyl (C=O) groups is 1. The van der Waals surface area contributed by atoms with E-state index in [9.17, 15) is 4.79 Å². The highest BCUT2D eigenvalue weighted by atomic mass is 16.1. The Kier molecular flexibility index (Phi) is 6.55. The van der Waals surface area contributed by atoms with E-state index in [1.54, 1.807) is 12.1 Å². The SMILES string of the molecule is CC1CCC(=O)CC1.N#CCC#N. The molecule has 1 aliphatic carbocycles. The zero-order chi connectivity index (χ0) is 10.1. The molecular weight excluding hydrogens is 164 g/mol. The number of nitrogens with zero attached hydrogens (tertiary/aromatic N) is 2. The number of hydrogen-bond donors (Lipinski definition) is 0. The summed E-state index contributed by atoms with van der Waals surface area (Å²) in [6.45, 7) is 2.21. The van der Waals surface area contributed by atoms with Gasteiger partial charge in [0.15, 0.2) is 0 Å². The van der Waals surface area contributed by atoms with Gasteiger partial charge in [-0.3, -0.25) is 4.79 Å². The molecule has 0 aliphatic heterocycles. The van der Waals surface area contributed by atoms with Crippen LogP contribution >= 0.6 is 0 Å². The van der Waals surface area contributed by atoms with E-state index in [0.717, 1.165) is 31.6 Å². The zero-order valence-corrected chi connectivity index (χ0v) is 7.92. The fraction of sp³-hybridized carbons (Fsp3) is 0.700. The smallest absolute Gasteiger partial charge is 0.132 e. The van der Waals surface area contributed by atoms with E-state index >= 15 is 0 Å². The van der Waals surface area contributed by atoms with Gasteiger partial charge in [0, 0.05) is 12.8 Å². The van der Waals surface area contributed by atoms with Gasteiger partial charge in [-0.2, -0.15) is 10.5 Å². The first-order valence-corrected chi connectivity index (χ1v) is 4.46. The standard InChI is InChI=1S/C7H12O.C3H2N2/c1-6-2-4-7(8)5-3-6;4-2-1-3-5/h6H,2-5H2,1H3;1H2. The quantitative estimate of drug-likeness (QED) is 0.571. The van der Waals surface area contributed by atoms with Crippen molar-refractivity contribution in [3.8, 4) is 12.1 Å². The monoisotopic (exact) mass is 178 g/mol. The average molecular weight is 178 g/mol. The molecule has 3 heteroatoms. The molecule has 1 aliphatic rings. The summed E-state index contributed by atoms with van der Waals surface area (Å²) in [4.78, 5) is 10.6. The lowest BCUT2D eigenvalue weighted by molar-refractivity contribution is -0.120. The molecule has 0 unspecified atom stereocenters. The number of rotatable bonds is 0. The molecule has 1 fully saturated rings. The van der Waals surface area contributed by atoms with Gasteiger partial charge < -0.3 is 0 Å². The summed E-state index contributed by atoms with van der Waals surface area (Å²) in [6, 6.07) is 3.31. The Hall–Kier alpha value is -1.35. The maximum atomic E-state index is 10.6. The molecule has 0 heterocycles. The summed E-state index contributed by atoms with van der Waals surface area (Å²) in [5, 5.41) is 15.2. The van der Waals surface area contributed by atoms with E-state index in [-0.39, 0.29) is 6.42 Å². The van der Waals surface area contributed by atoms with Gasteiger partial charge in [-0.15, -0.1) is 0 Å². The van der Waals surface area contributed by atoms with Crippen LogP contribution < -0.4 is 0 Å². The number of carbonyl (C=O) groups excluding carboxylic acids is 1. The molecule has 1 saturated carbocycles. The lowest BCUT2D eigenvalue weighted by Gasteiger charge is -2.14. The van der Waals surface area contributed by atoms with Crippen molar-refractivity contribution < 1.29 is 4.79 Å². The largest absolute Gasteiger partial charge is 0.300 e. The molecule has 0 amide bonds. The first kappa shape index (κ1) is 11.6. The molecule has 0 radical (unpaired) electrons. The predicted octanol–water partition coefficient (Wildman–Crippen LogP) is 2.19. The van der Waals surface area contributed by atoms with Gasteiger partial charge in [0.05, 0.1) is 12.1 Å². The van der Waals surface area contributed by atoms with Crippen LogP contribution in [0.5, 0.6) is 0 Å². The Balaban J connectivity index is 0.000000252. The molecule has 13 heavy (non-hydrogen) atoms. The minimum absolute atomic E-state index is 0. The molecule has 0 atom stereocenters. The third kappa shape index (κ3) is 7.03. The van der Waals surface area contributed by atoms with Crippen LogP contribution in [0.1, 0.15) is 39.0 Å². The van der Waals surface area contributed by atoms with Crippen LogP contribution in [0.15, 0.2) is 0 Å². The Morgan fingerprint density at radius 1 is 1.31 bits per heavy atom. The number of hydrogen-bond acceptors (Lipinski definition) is 3. The van der Waals surface area contributed by atoms with Crippen molar-refractivity contribution in [2.45, 2.75) is 39.0 Å². The fourth-order valence-electron chi connectivity index (χ4n) is 1.12. The molecule has 3 nitrogen and oxygen atoms in total. The van der Waals surface area contributed by atoms with E-state index in [0.29, 0.717) is 5.78 Å². The molecule has 0 aromatic carbocycles. The number of nitriles is 2. The van der Waals surface area contributed by atoms with E-state index in [2.05, 4.69) is 6.92 Å². The van der Waals surface area contributed by atoms with Gasteiger partial charge in [-0.25, -0.2) is 0 Å². The zero-order valence-electron chi connectivity index (χ0n) is 7.92. The van der Waals surface area contributed by atoms with Gasteiger partial charge in [0.25, 0.3) is 0 Å². The topological polar surface area (TPSA) is 64.7 Å². The fourth-order valence-corrected chi connectivity index (χ4v) is 1.12. The number of Topliss-reactive ketones (excluding diaryl/α,β-unsaturated/α-hetero) is 1. The third-order valence-corrected chi connectivity index (χ3v) is 1.99.